The Hall–Kier alpha value is -2.22. The van der Waals surface area contributed by atoms with Gasteiger partial charge >= 0.3 is 17.8 Å². The van der Waals surface area contributed by atoms with E-state index in [4.69, 9.17) is 0 Å². The van der Waals surface area contributed by atoms with Gasteiger partial charge in [0.05, 0.1) is 0 Å². The van der Waals surface area contributed by atoms with Crippen LogP contribution in [0.1, 0.15) is 11.8 Å². The van der Waals surface area contributed by atoms with Gasteiger partial charge in [-0.05, 0) is 24.8 Å². The van der Waals surface area contributed by atoms with Crippen LogP contribution >= 0.6 is 11.3 Å². The molecule has 0 aliphatic carbocycles. The number of nitrogens with one attached hydrogen (secondary N) is 1. The first kappa shape index (κ1) is 15.2. The molecule has 8 heteroatoms. The molecule has 0 bridgehead atoms. The summed E-state index contributed by atoms with van der Waals surface area (Å²) in [6.07, 6.45) is 0.686. The third-order valence-corrected chi connectivity index (χ3v) is 3.96. The quantitative estimate of drug-likeness (QED) is 0.601. The number of urea groups is 1. The van der Waals surface area contributed by atoms with Gasteiger partial charge in [0, 0.05) is 18.0 Å². The van der Waals surface area contributed by atoms with Crippen LogP contribution < -0.4 is 5.32 Å². The zero-order chi connectivity index (χ0) is 15.4. The lowest BCUT2D eigenvalue weighted by Crippen LogP contribution is -2.41. The number of nitrogens with zero attached hydrogens (tertiary/aromatic N) is 2. The van der Waals surface area contributed by atoms with Crippen LogP contribution in [-0.2, 0) is 20.8 Å². The van der Waals surface area contributed by atoms with Crippen molar-refractivity contribution in [3.05, 3.63) is 22.4 Å². The Kier molecular flexibility index (Phi) is 4.69. The molecule has 1 aliphatic heterocycles. The fraction of sp³-hybridized carbons (Fsp3) is 0.385. The highest BCUT2D eigenvalue weighted by molar-refractivity contribution is 7.09. The van der Waals surface area contributed by atoms with E-state index in [9.17, 15) is 19.2 Å². The van der Waals surface area contributed by atoms with E-state index in [1.165, 1.54) is 0 Å². The highest BCUT2D eigenvalue weighted by Crippen LogP contribution is 2.11. The molecule has 0 radical (unpaired) electrons. The van der Waals surface area contributed by atoms with Crippen molar-refractivity contribution in [2.45, 2.75) is 13.3 Å². The van der Waals surface area contributed by atoms with Crippen molar-refractivity contribution in [1.29, 1.82) is 0 Å². The van der Waals surface area contributed by atoms with E-state index < -0.39 is 30.3 Å². The molecular formula is C13H15N3O4S. The fourth-order valence-electron chi connectivity index (χ4n) is 1.95. The van der Waals surface area contributed by atoms with Crippen LogP contribution in [0.25, 0.3) is 0 Å². The number of rotatable bonds is 6. The van der Waals surface area contributed by atoms with Gasteiger partial charge < -0.3 is 5.32 Å². The van der Waals surface area contributed by atoms with Gasteiger partial charge in [0.15, 0.2) is 0 Å². The lowest BCUT2D eigenvalue weighted by atomic mass is 10.3. The Morgan fingerprint density at radius 2 is 1.95 bits per heavy atom. The van der Waals surface area contributed by atoms with Gasteiger partial charge in [0.2, 0.25) is 5.91 Å². The molecule has 2 heterocycles. The summed E-state index contributed by atoms with van der Waals surface area (Å²) >= 11 is 1.59. The first-order valence-corrected chi connectivity index (χ1v) is 7.39. The van der Waals surface area contributed by atoms with E-state index in [1.807, 2.05) is 17.5 Å². The van der Waals surface area contributed by atoms with Gasteiger partial charge in [-0.3, -0.25) is 19.3 Å². The Labute approximate surface area is 125 Å². The summed E-state index contributed by atoms with van der Waals surface area (Å²) in [5.41, 5.74) is 0. The third-order valence-electron chi connectivity index (χ3n) is 3.03. The van der Waals surface area contributed by atoms with Crippen molar-refractivity contribution in [1.82, 2.24) is 15.1 Å². The van der Waals surface area contributed by atoms with Crippen LogP contribution in [0.3, 0.4) is 0 Å². The van der Waals surface area contributed by atoms with Gasteiger partial charge in [0.1, 0.15) is 6.54 Å². The normalized spacial score (nSPS) is 15.0. The van der Waals surface area contributed by atoms with E-state index in [1.54, 1.807) is 18.3 Å². The van der Waals surface area contributed by atoms with E-state index >= 15 is 0 Å². The Balaban J connectivity index is 1.83. The number of imide groups is 2. The van der Waals surface area contributed by atoms with Gasteiger partial charge in [-0.1, -0.05) is 6.07 Å². The topological polar surface area (TPSA) is 86.8 Å². The van der Waals surface area contributed by atoms with E-state index in [0.29, 0.717) is 17.9 Å². The SMILES string of the molecule is CCN1C(=O)C(=O)N(CC(=O)NCCc2cccs2)C1=O. The number of carbonyl (C=O) groups excluding carboxylic acids is 4. The van der Waals surface area contributed by atoms with E-state index in [2.05, 4.69) is 5.32 Å². The smallest absolute Gasteiger partial charge is 0.334 e. The third kappa shape index (κ3) is 3.27. The highest BCUT2D eigenvalue weighted by atomic mass is 32.1. The molecule has 0 spiro atoms. The summed E-state index contributed by atoms with van der Waals surface area (Å²) in [7, 11) is 0. The maximum Gasteiger partial charge on any atom is 0.334 e. The Morgan fingerprint density at radius 3 is 2.52 bits per heavy atom. The van der Waals surface area contributed by atoms with Gasteiger partial charge in [-0.2, -0.15) is 0 Å². The predicted octanol–water partition coefficient (Wildman–Crippen LogP) is 0.218. The second kappa shape index (κ2) is 6.49. The van der Waals surface area contributed by atoms with Crippen molar-refractivity contribution in [2.75, 3.05) is 19.6 Å². The van der Waals surface area contributed by atoms with Gasteiger partial charge in [0.25, 0.3) is 0 Å². The summed E-state index contributed by atoms with van der Waals surface area (Å²) in [5, 5.41) is 4.58. The number of hydrogen-bond donors (Lipinski definition) is 1. The first-order valence-electron chi connectivity index (χ1n) is 6.51. The van der Waals surface area contributed by atoms with Crippen LogP contribution in [0, 0.1) is 0 Å². The number of amides is 5. The summed E-state index contributed by atoms with van der Waals surface area (Å²) < 4.78 is 0. The first-order chi connectivity index (χ1) is 10.0. The van der Waals surface area contributed by atoms with E-state index in [-0.39, 0.29) is 6.54 Å². The standard InChI is InChI=1S/C13H15N3O4S/c1-2-15-11(18)12(19)16(13(15)20)8-10(17)14-6-5-9-4-3-7-21-9/h3-4,7H,2,5-6,8H2,1H3,(H,14,17). The summed E-state index contributed by atoms with van der Waals surface area (Å²) in [6, 6.07) is 3.15. The largest absolute Gasteiger partial charge is 0.354 e. The molecule has 0 aromatic carbocycles. The molecular weight excluding hydrogens is 294 g/mol. The molecule has 1 N–H and O–H groups in total. The number of carbonyl (C=O) groups is 4. The fourth-order valence-corrected chi connectivity index (χ4v) is 2.66. The Bertz CT molecular complexity index is 570. The summed E-state index contributed by atoms with van der Waals surface area (Å²) in [5.74, 6) is -2.29. The van der Waals surface area contributed by atoms with Crippen LogP contribution in [0.5, 0.6) is 0 Å². The Morgan fingerprint density at radius 1 is 1.24 bits per heavy atom. The molecule has 21 heavy (non-hydrogen) atoms. The zero-order valence-corrected chi connectivity index (χ0v) is 12.3. The highest BCUT2D eigenvalue weighted by Gasteiger charge is 2.44. The van der Waals surface area contributed by atoms with Crippen molar-refractivity contribution < 1.29 is 19.2 Å². The molecule has 1 aliphatic rings. The van der Waals surface area contributed by atoms with Crippen LogP contribution in [0.4, 0.5) is 4.79 Å². The minimum Gasteiger partial charge on any atom is -0.354 e. The van der Waals surface area contributed by atoms with E-state index in [0.717, 1.165) is 9.78 Å². The molecule has 0 atom stereocenters. The zero-order valence-electron chi connectivity index (χ0n) is 11.5. The molecule has 0 saturated carbocycles. The van der Waals surface area contributed by atoms with Crippen molar-refractivity contribution >= 4 is 35.1 Å². The summed E-state index contributed by atoms with van der Waals surface area (Å²) in [4.78, 5) is 49.3. The van der Waals surface area contributed by atoms with Crippen LogP contribution in [-0.4, -0.2) is 53.2 Å². The maximum absolute atomic E-state index is 11.8. The minimum atomic E-state index is -0.949. The molecule has 1 saturated heterocycles. The average Bonchev–Trinajstić information content (AvgIpc) is 3.03. The van der Waals surface area contributed by atoms with Crippen molar-refractivity contribution in [3.63, 3.8) is 0 Å². The molecule has 7 nitrogen and oxygen atoms in total. The number of hydrogen-bond acceptors (Lipinski definition) is 5. The summed E-state index contributed by atoms with van der Waals surface area (Å²) in [6.45, 7) is 1.69. The minimum absolute atomic E-state index is 0.111. The second-order valence-corrected chi connectivity index (χ2v) is 5.43. The van der Waals surface area contributed by atoms with Gasteiger partial charge in [-0.25, -0.2) is 9.69 Å². The monoisotopic (exact) mass is 309 g/mol. The number of likely N-dealkylation sites (N-methyl/N-ethyl adjacent to an activating group) is 1. The molecule has 5 amide bonds. The van der Waals surface area contributed by atoms with Gasteiger partial charge in [-0.15, -0.1) is 11.3 Å². The van der Waals surface area contributed by atoms with Crippen molar-refractivity contribution in [3.8, 4) is 0 Å². The lowest BCUT2D eigenvalue weighted by Gasteiger charge is -2.13. The van der Waals surface area contributed by atoms with Crippen LogP contribution in [0.15, 0.2) is 17.5 Å². The maximum atomic E-state index is 11.8. The van der Waals surface area contributed by atoms with Crippen molar-refractivity contribution in [2.24, 2.45) is 0 Å². The molecule has 2 rings (SSSR count). The molecule has 0 unspecified atom stereocenters. The second-order valence-electron chi connectivity index (χ2n) is 4.40. The molecule has 112 valence electrons. The molecule has 1 fully saturated rings. The number of thiophene rings is 1. The van der Waals surface area contributed by atoms with Crippen LogP contribution in [0.2, 0.25) is 0 Å². The molecule has 1 aromatic rings. The molecule has 1 aromatic heterocycles. The lowest BCUT2D eigenvalue weighted by molar-refractivity contribution is -0.143. The predicted molar refractivity (Wildman–Crippen MR) is 75.5 cm³/mol. The average molecular weight is 309 g/mol.